The first kappa shape index (κ1) is 33.6. The van der Waals surface area contributed by atoms with Crippen molar-refractivity contribution >= 4 is 17.9 Å². The zero-order chi connectivity index (χ0) is 29.9. The number of carbonyl (C=O) groups excluding carboxylic acids is 3. The van der Waals surface area contributed by atoms with Crippen LogP contribution < -0.4 is 10.6 Å². The summed E-state index contributed by atoms with van der Waals surface area (Å²) in [5.74, 6) is -0.509. The molecule has 3 unspecified atom stereocenters. The van der Waals surface area contributed by atoms with Crippen LogP contribution in [0.4, 0.5) is 4.79 Å². The number of rotatable bonds is 13. The number of benzene rings is 1. The molecular formula is C33H55N3O4. The Kier molecular flexibility index (Phi) is 13.5. The zero-order valence-corrected chi connectivity index (χ0v) is 26.4. The molecule has 0 saturated heterocycles. The van der Waals surface area contributed by atoms with Crippen LogP contribution in [0.15, 0.2) is 18.2 Å². The Bertz CT molecular complexity index is 965. The summed E-state index contributed by atoms with van der Waals surface area (Å²) < 4.78 is 5.53. The number of hydrogen-bond acceptors (Lipinski definition) is 4. The van der Waals surface area contributed by atoms with Gasteiger partial charge in [-0.3, -0.25) is 9.59 Å². The molecular weight excluding hydrogens is 502 g/mol. The molecule has 7 nitrogen and oxygen atoms in total. The Morgan fingerprint density at radius 1 is 1.02 bits per heavy atom. The van der Waals surface area contributed by atoms with Gasteiger partial charge >= 0.3 is 6.09 Å². The van der Waals surface area contributed by atoms with Crippen LogP contribution in [-0.4, -0.2) is 47.0 Å². The Morgan fingerprint density at radius 2 is 1.70 bits per heavy atom. The van der Waals surface area contributed by atoms with E-state index in [1.807, 2.05) is 45.9 Å². The average Bonchev–Trinajstić information content (AvgIpc) is 2.90. The molecule has 40 heavy (non-hydrogen) atoms. The van der Waals surface area contributed by atoms with Gasteiger partial charge in [0.25, 0.3) is 0 Å². The molecule has 2 N–H and O–H groups in total. The molecule has 0 spiro atoms. The lowest BCUT2D eigenvalue weighted by Gasteiger charge is -2.37. The third-order valence-corrected chi connectivity index (χ3v) is 8.14. The summed E-state index contributed by atoms with van der Waals surface area (Å²) in [5, 5.41) is 6.18. The van der Waals surface area contributed by atoms with Gasteiger partial charge in [-0.05, 0) is 76.5 Å². The number of nitrogens with zero attached hydrogens (tertiary/aromatic N) is 1. The summed E-state index contributed by atoms with van der Waals surface area (Å²) in [6, 6.07) is 4.51. The normalized spacial score (nSPS) is 16.5. The fraction of sp³-hybridized carbons (Fsp3) is 0.727. The van der Waals surface area contributed by atoms with Gasteiger partial charge in [-0.1, -0.05) is 83.9 Å². The Balaban J connectivity index is 2.54. The molecule has 1 fully saturated rings. The lowest BCUT2D eigenvalue weighted by atomic mass is 9.91. The molecule has 0 aliphatic heterocycles. The number of hydrogen-bond donors (Lipinski definition) is 2. The van der Waals surface area contributed by atoms with E-state index in [9.17, 15) is 14.4 Å². The van der Waals surface area contributed by atoms with Crippen molar-refractivity contribution in [3.63, 3.8) is 0 Å². The maximum atomic E-state index is 14.5. The van der Waals surface area contributed by atoms with E-state index in [0.29, 0.717) is 13.0 Å². The average molecular weight is 558 g/mol. The smallest absolute Gasteiger partial charge is 0.408 e. The van der Waals surface area contributed by atoms with Crippen molar-refractivity contribution in [2.45, 2.75) is 143 Å². The molecule has 3 amide bonds. The molecule has 226 valence electrons. The van der Waals surface area contributed by atoms with E-state index >= 15 is 0 Å². The second-order valence-corrected chi connectivity index (χ2v) is 12.6. The molecule has 1 aliphatic rings. The maximum Gasteiger partial charge on any atom is 0.408 e. The highest BCUT2D eigenvalue weighted by molar-refractivity contribution is 5.92. The van der Waals surface area contributed by atoms with Gasteiger partial charge in [-0.25, -0.2) is 4.79 Å². The zero-order valence-electron chi connectivity index (χ0n) is 26.4. The molecule has 7 heteroatoms. The number of ether oxygens (including phenoxy) is 1. The number of alkyl carbamates (subject to hydrolysis) is 1. The molecule has 2 rings (SSSR count). The van der Waals surface area contributed by atoms with Gasteiger partial charge in [-0.15, -0.1) is 0 Å². The van der Waals surface area contributed by atoms with Gasteiger partial charge in [0.2, 0.25) is 11.8 Å². The Labute approximate surface area is 243 Å². The van der Waals surface area contributed by atoms with Crippen LogP contribution in [0.25, 0.3) is 0 Å². The van der Waals surface area contributed by atoms with Crippen molar-refractivity contribution < 1.29 is 19.1 Å². The molecule has 0 aromatic heterocycles. The number of amides is 3. The summed E-state index contributed by atoms with van der Waals surface area (Å²) in [6.07, 6.45) is 9.31. The quantitative estimate of drug-likeness (QED) is 0.252. The van der Waals surface area contributed by atoms with E-state index in [0.717, 1.165) is 68.1 Å². The van der Waals surface area contributed by atoms with Gasteiger partial charge in [0.05, 0.1) is 0 Å². The Morgan fingerprint density at radius 3 is 2.30 bits per heavy atom. The first-order valence-corrected chi connectivity index (χ1v) is 15.6. The molecule has 0 bridgehead atoms. The van der Waals surface area contributed by atoms with E-state index in [2.05, 4.69) is 17.6 Å². The van der Waals surface area contributed by atoms with Crippen molar-refractivity contribution in [3.05, 3.63) is 34.9 Å². The minimum absolute atomic E-state index is 0.121. The number of aryl methyl sites for hydroxylation is 1. The summed E-state index contributed by atoms with van der Waals surface area (Å²) in [4.78, 5) is 43.3. The predicted molar refractivity (Wildman–Crippen MR) is 162 cm³/mol. The van der Waals surface area contributed by atoms with Crippen LogP contribution in [0.3, 0.4) is 0 Å². The van der Waals surface area contributed by atoms with Crippen molar-refractivity contribution in [2.24, 2.45) is 5.92 Å². The summed E-state index contributed by atoms with van der Waals surface area (Å²) in [6.45, 7) is 16.0. The third-order valence-electron chi connectivity index (χ3n) is 8.14. The fourth-order valence-electron chi connectivity index (χ4n) is 5.42. The summed E-state index contributed by atoms with van der Waals surface area (Å²) in [5.41, 5.74) is 2.25. The lowest BCUT2D eigenvalue weighted by Crippen LogP contribution is -2.56. The number of unbranched alkanes of at least 4 members (excludes halogenated alkanes) is 3. The van der Waals surface area contributed by atoms with Crippen molar-refractivity contribution in [3.8, 4) is 0 Å². The SMILES string of the molecule is CCCCCCN(C(=O)C(NC(=O)OC(C)(C)C)C(C)CC)C(C(=O)NC1CCCCC1)c1cccc(C)c1C. The maximum absolute atomic E-state index is 14.5. The van der Waals surface area contributed by atoms with E-state index in [1.54, 1.807) is 25.7 Å². The highest BCUT2D eigenvalue weighted by Gasteiger charge is 2.39. The highest BCUT2D eigenvalue weighted by Crippen LogP contribution is 2.30. The molecule has 1 aromatic rings. The minimum atomic E-state index is -0.805. The Hall–Kier alpha value is -2.57. The van der Waals surface area contributed by atoms with Crippen LogP contribution >= 0.6 is 0 Å². The molecule has 1 aromatic carbocycles. The first-order chi connectivity index (χ1) is 18.9. The largest absolute Gasteiger partial charge is 0.444 e. The topological polar surface area (TPSA) is 87.7 Å². The molecule has 3 atom stereocenters. The van der Waals surface area contributed by atoms with Gasteiger partial charge in [-0.2, -0.15) is 0 Å². The number of carbonyl (C=O) groups is 3. The number of nitrogens with one attached hydrogen (secondary N) is 2. The van der Waals surface area contributed by atoms with Crippen molar-refractivity contribution in [1.82, 2.24) is 15.5 Å². The summed E-state index contributed by atoms with van der Waals surface area (Å²) in [7, 11) is 0. The van der Waals surface area contributed by atoms with Crippen molar-refractivity contribution in [2.75, 3.05) is 6.54 Å². The molecule has 1 saturated carbocycles. The van der Waals surface area contributed by atoms with Gasteiger partial charge < -0.3 is 20.3 Å². The van der Waals surface area contributed by atoms with Crippen molar-refractivity contribution in [1.29, 1.82) is 0 Å². The monoisotopic (exact) mass is 557 g/mol. The fourth-order valence-corrected chi connectivity index (χ4v) is 5.42. The van der Waals surface area contributed by atoms with Gasteiger partial charge in [0.15, 0.2) is 0 Å². The minimum Gasteiger partial charge on any atom is -0.444 e. The summed E-state index contributed by atoms with van der Waals surface area (Å²) >= 11 is 0. The van der Waals surface area contributed by atoms with Crippen LogP contribution in [0.2, 0.25) is 0 Å². The van der Waals surface area contributed by atoms with E-state index < -0.39 is 23.8 Å². The lowest BCUT2D eigenvalue weighted by molar-refractivity contribution is -0.144. The van der Waals surface area contributed by atoms with Gasteiger partial charge in [0, 0.05) is 12.6 Å². The second-order valence-electron chi connectivity index (χ2n) is 12.6. The van der Waals surface area contributed by atoms with Crippen LogP contribution in [0.5, 0.6) is 0 Å². The highest BCUT2D eigenvalue weighted by atomic mass is 16.6. The second kappa shape index (κ2) is 16.0. The third kappa shape index (κ3) is 10.1. The molecule has 0 radical (unpaired) electrons. The van der Waals surface area contributed by atoms with Crippen LogP contribution in [0, 0.1) is 19.8 Å². The van der Waals surface area contributed by atoms with E-state index in [4.69, 9.17) is 4.74 Å². The molecule has 1 aliphatic carbocycles. The van der Waals surface area contributed by atoms with Crippen LogP contribution in [0.1, 0.15) is 128 Å². The first-order valence-electron chi connectivity index (χ1n) is 15.6. The van der Waals surface area contributed by atoms with E-state index in [-0.39, 0.29) is 23.8 Å². The van der Waals surface area contributed by atoms with Crippen LogP contribution in [-0.2, 0) is 14.3 Å². The van der Waals surface area contributed by atoms with Gasteiger partial charge in [0.1, 0.15) is 17.7 Å². The predicted octanol–water partition coefficient (Wildman–Crippen LogP) is 7.14. The van der Waals surface area contributed by atoms with E-state index in [1.165, 1.54) is 6.42 Å². The standard InChI is InChI=1S/C33H55N3O4/c1-9-11-12-16-22-36(31(38)28(23(3)10-2)35-32(39)40-33(6,7)8)29(27-21-17-18-24(4)25(27)5)30(37)34-26-19-14-13-15-20-26/h17-18,21,23,26,28-29H,9-16,19-20,22H2,1-8H3,(H,34,37)(H,35,39). The molecule has 0 heterocycles.